The summed E-state index contributed by atoms with van der Waals surface area (Å²) in [7, 11) is 0. The molecule has 160 valence electrons. The molecule has 1 aromatic heterocycles. The first-order chi connectivity index (χ1) is 15.1. The zero-order valence-corrected chi connectivity index (χ0v) is 17.2. The third-order valence-corrected chi connectivity index (χ3v) is 5.75. The number of amides is 1. The van der Waals surface area contributed by atoms with Crippen LogP contribution in [-0.4, -0.2) is 43.3 Å². The molecule has 0 radical (unpaired) electrons. The van der Waals surface area contributed by atoms with Crippen LogP contribution in [0.2, 0.25) is 0 Å². The second kappa shape index (κ2) is 7.96. The number of aromatic nitrogens is 1. The lowest BCUT2D eigenvalue weighted by molar-refractivity contribution is -0.907. The Hall–Kier alpha value is -3.52. The van der Waals surface area contributed by atoms with E-state index in [1.807, 2.05) is 6.07 Å². The van der Waals surface area contributed by atoms with Gasteiger partial charge in [-0.3, -0.25) is 4.79 Å². The molecule has 31 heavy (non-hydrogen) atoms. The number of anilines is 1. The maximum Gasteiger partial charge on any atom is 0.356 e. The number of quaternary nitrogens is 1. The fourth-order valence-electron chi connectivity index (χ4n) is 4.27. The zero-order chi connectivity index (χ0) is 21.4. The lowest BCUT2D eigenvalue weighted by atomic mass is 10.00. The average Bonchev–Trinajstić information content (AvgIpc) is 3.36. The molecular weight excluding hydrogens is 398 g/mol. The van der Waals surface area contributed by atoms with Crippen molar-refractivity contribution in [1.82, 2.24) is 4.98 Å². The van der Waals surface area contributed by atoms with Crippen molar-refractivity contribution >= 4 is 28.5 Å². The van der Waals surface area contributed by atoms with Gasteiger partial charge < -0.3 is 29.4 Å². The van der Waals surface area contributed by atoms with Crippen molar-refractivity contribution in [2.24, 2.45) is 0 Å². The second-order valence-corrected chi connectivity index (χ2v) is 7.77. The van der Waals surface area contributed by atoms with E-state index in [0.717, 1.165) is 19.5 Å². The van der Waals surface area contributed by atoms with Crippen LogP contribution in [0.5, 0.6) is 11.5 Å². The maximum atomic E-state index is 12.9. The van der Waals surface area contributed by atoms with Crippen LogP contribution in [0.4, 0.5) is 5.69 Å². The number of hydrogen-bond donors (Lipinski definition) is 3. The number of aromatic amines is 1. The molecule has 0 aliphatic carbocycles. The van der Waals surface area contributed by atoms with Gasteiger partial charge in [-0.2, -0.15) is 0 Å². The monoisotopic (exact) mass is 422 g/mol. The highest BCUT2D eigenvalue weighted by Gasteiger charge is 2.26. The van der Waals surface area contributed by atoms with Crippen LogP contribution in [0, 0.1) is 0 Å². The summed E-state index contributed by atoms with van der Waals surface area (Å²) in [4.78, 5) is 29.7. The molecule has 8 nitrogen and oxygen atoms in total. The Labute approximate surface area is 179 Å². The van der Waals surface area contributed by atoms with Crippen LogP contribution < -0.4 is 19.7 Å². The van der Waals surface area contributed by atoms with Gasteiger partial charge in [0.25, 0.3) is 5.91 Å². The van der Waals surface area contributed by atoms with E-state index in [4.69, 9.17) is 14.2 Å². The fraction of sp³-hybridized carbons (Fsp3) is 0.304. The summed E-state index contributed by atoms with van der Waals surface area (Å²) in [5, 5.41) is 3.63. The Morgan fingerprint density at radius 3 is 2.74 bits per heavy atom. The van der Waals surface area contributed by atoms with Gasteiger partial charge >= 0.3 is 5.97 Å². The lowest BCUT2D eigenvalue weighted by Gasteiger charge is -2.25. The average molecular weight is 422 g/mol. The zero-order valence-electron chi connectivity index (χ0n) is 17.2. The minimum atomic E-state index is -0.518. The molecular formula is C23H24N3O5+. The van der Waals surface area contributed by atoms with Gasteiger partial charge in [0.2, 0.25) is 6.79 Å². The largest absolute Gasteiger partial charge is 0.461 e. The van der Waals surface area contributed by atoms with Gasteiger partial charge in [0, 0.05) is 23.4 Å². The Morgan fingerprint density at radius 1 is 1.16 bits per heavy atom. The van der Waals surface area contributed by atoms with E-state index in [1.165, 1.54) is 16.0 Å². The normalized spacial score (nSPS) is 16.7. The first-order valence-corrected chi connectivity index (χ1v) is 10.4. The van der Waals surface area contributed by atoms with Crippen LogP contribution in [-0.2, 0) is 22.5 Å². The molecule has 8 heteroatoms. The van der Waals surface area contributed by atoms with Crippen molar-refractivity contribution in [1.29, 1.82) is 0 Å². The van der Waals surface area contributed by atoms with Gasteiger partial charge in [-0.25, -0.2) is 4.79 Å². The van der Waals surface area contributed by atoms with E-state index >= 15 is 0 Å². The second-order valence-electron chi connectivity index (χ2n) is 7.77. The molecule has 1 atom stereocenters. The van der Waals surface area contributed by atoms with Crippen molar-refractivity contribution in [3.63, 3.8) is 0 Å². The van der Waals surface area contributed by atoms with Crippen LogP contribution in [0.25, 0.3) is 10.9 Å². The molecule has 0 saturated carbocycles. The summed E-state index contributed by atoms with van der Waals surface area (Å²) < 4.78 is 16.1. The van der Waals surface area contributed by atoms with Crippen molar-refractivity contribution in [3.8, 4) is 11.5 Å². The minimum Gasteiger partial charge on any atom is -0.461 e. The van der Waals surface area contributed by atoms with Gasteiger partial charge in [-0.1, -0.05) is 24.3 Å². The number of H-pyrrole nitrogens is 1. The smallest absolute Gasteiger partial charge is 0.356 e. The number of rotatable bonds is 5. The first-order valence-electron chi connectivity index (χ1n) is 10.4. The van der Waals surface area contributed by atoms with Crippen LogP contribution >= 0.6 is 0 Å². The van der Waals surface area contributed by atoms with Crippen LogP contribution in [0.3, 0.4) is 0 Å². The highest BCUT2D eigenvalue weighted by atomic mass is 16.7. The molecule has 0 bridgehead atoms. The van der Waals surface area contributed by atoms with Gasteiger partial charge in [0.15, 0.2) is 18.0 Å². The summed E-state index contributed by atoms with van der Waals surface area (Å²) >= 11 is 0. The predicted octanol–water partition coefficient (Wildman–Crippen LogP) is 1.65. The molecule has 0 saturated heterocycles. The number of fused-ring (bicyclic) bond motifs is 3. The molecule has 3 N–H and O–H groups in total. The third kappa shape index (κ3) is 3.70. The van der Waals surface area contributed by atoms with Crippen LogP contribution in [0.15, 0.2) is 36.4 Å². The standard InChI is InChI=1S/C23H23N3O5/c1-2-29-23(28)22-21(16-9-18-19(31-13-30-18)10-17(16)24-22)25-20(27)12-26-8-7-14-5-3-4-6-15(14)11-26/h3-6,9-10,24H,2,7-8,11-13H2,1H3,(H,25,27)/p+1. The third-order valence-electron chi connectivity index (χ3n) is 5.75. The van der Waals surface area contributed by atoms with Crippen molar-refractivity contribution in [2.45, 2.75) is 19.9 Å². The molecule has 1 amide bonds. The topological polar surface area (TPSA) is 94.1 Å². The maximum absolute atomic E-state index is 12.9. The quantitative estimate of drug-likeness (QED) is 0.544. The molecule has 2 aliphatic heterocycles. The van der Waals surface area contributed by atoms with Gasteiger partial charge in [0.05, 0.1) is 24.4 Å². The number of esters is 1. The molecule has 2 aromatic carbocycles. The number of ether oxygens (including phenoxy) is 3. The Balaban J connectivity index is 1.40. The van der Waals surface area contributed by atoms with E-state index in [-0.39, 0.29) is 25.0 Å². The highest BCUT2D eigenvalue weighted by Crippen LogP contribution is 2.39. The van der Waals surface area contributed by atoms with Crippen LogP contribution in [0.1, 0.15) is 28.5 Å². The van der Waals surface area contributed by atoms with E-state index in [0.29, 0.717) is 34.6 Å². The predicted molar refractivity (Wildman–Crippen MR) is 114 cm³/mol. The molecule has 2 aliphatic rings. The van der Waals surface area contributed by atoms with Crippen molar-refractivity contribution in [2.75, 3.05) is 31.8 Å². The van der Waals surface area contributed by atoms with Crippen molar-refractivity contribution in [3.05, 3.63) is 53.2 Å². The fourth-order valence-corrected chi connectivity index (χ4v) is 4.27. The summed E-state index contributed by atoms with van der Waals surface area (Å²) in [5.41, 5.74) is 3.93. The summed E-state index contributed by atoms with van der Waals surface area (Å²) in [6, 6.07) is 11.9. The van der Waals surface area contributed by atoms with E-state index in [1.54, 1.807) is 19.1 Å². The Morgan fingerprint density at radius 2 is 1.94 bits per heavy atom. The number of hydrogen-bond acceptors (Lipinski definition) is 5. The van der Waals surface area contributed by atoms with E-state index in [9.17, 15) is 9.59 Å². The van der Waals surface area contributed by atoms with E-state index < -0.39 is 5.97 Å². The van der Waals surface area contributed by atoms with Gasteiger partial charge in [-0.15, -0.1) is 0 Å². The van der Waals surface area contributed by atoms with Gasteiger partial charge in [-0.05, 0) is 18.6 Å². The molecule has 5 rings (SSSR count). The number of benzene rings is 2. The van der Waals surface area contributed by atoms with Gasteiger partial charge in [0.1, 0.15) is 12.2 Å². The first kappa shape index (κ1) is 19.4. The number of carbonyl (C=O) groups excluding carboxylic acids is 2. The number of nitrogens with one attached hydrogen (secondary N) is 3. The van der Waals surface area contributed by atoms with E-state index in [2.05, 4.69) is 28.5 Å². The summed E-state index contributed by atoms with van der Waals surface area (Å²) in [6.07, 6.45) is 0.948. The lowest BCUT2D eigenvalue weighted by Crippen LogP contribution is -3.12. The SMILES string of the molecule is CCOC(=O)c1[nH]c2cc3c(cc2c1NC(=O)C[NH+]1CCc2ccccc2C1)OCO3. The highest BCUT2D eigenvalue weighted by molar-refractivity contribution is 6.11. The Kier molecular flexibility index (Phi) is 4.99. The summed E-state index contributed by atoms with van der Waals surface area (Å²) in [5.74, 6) is 0.503. The molecule has 3 aromatic rings. The summed E-state index contributed by atoms with van der Waals surface area (Å²) in [6.45, 7) is 4.14. The molecule has 0 spiro atoms. The Bertz CT molecular complexity index is 1170. The molecule has 0 fully saturated rings. The number of carbonyl (C=O) groups is 2. The van der Waals surface area contributed by atoms with Crippen molar-refractivity contribution < 1.29 is 28.7 Å². The molecule has 3 heterocycles. The minimum absolute atomic E-state index is 0.147. The molecule has 1 unspecified atom stereocenters.